The average molecular weight is 332 g/mol. The molecule has 1 aromatic carbocycles. The fourth-order valence-corrected chi connectivity index (χ4v) is 3.23. The fourth-order valence-electron chi connectivity index (χ4n) is 2.96. The number of rotatable bonds is 5. The lowest BCUT2D eigenvalue weighted by atomic mass is 10.1. The summed E-state index contributed by atoms with van der Waals surface area (Å²) in [7, 11) is 0. The summed E-state index contributed by atoms with van der Waals surface area (Å²) in [5, 5.41) is 11.0. The molecular weight excluding hydrogens is 310 g/mol. The van der Waals surface area contributed by atoms with Crippen molar-refractivity contribution in [3.05, 3.63) is 64.9 Å². The van der Waals surface area contributed by atoms with Crippen molar-refractivity contribution < 1.29 is 5.11 Å². The lowest BCUT2D eigenvalue weighted by Gasteiger charge is -2.35. The van der Waals surface area contributed by atoms with Gasteiger partial charge >= 0.3 is 0 Å². The van der Waals surface area contributed by atoms with Crippen LogP contribution in [0.5, 0.6) is 0 Å². The molecule has 1 aromatic heterocycles. The van der Waals surface area contributed by atoms with Crippen LogP contribution >= 0.6 is 11.6 Å². The van der Waals surface area contributed by atoms with Gasteiger partial charge in [0.15, 0.2) is 0 Å². The minimum Gasteiger partial charge on any atom is -0.387 e. The topological polar surface area (TPSA) is 39.6 Å². The standard InChI is InChI=1S/C18H22ClN3O/c19-17-4-2-1-3-16(17)18(23)14-22-11-9-21(10-12-22)13-15-5-7-20-8-6-15/h1-8,18,23H,9-14H2. The molecule has 1 aliphatic heterocycles. The summed E-state index contributed by atoms with van der Waals surface area (Å²) in [5.74, 6) is 0. The maximum Gasteiger partial charge on any atom is 0.0931 e. The van der Waals surface area contributed by atoms with E-state index in [9.17, 15) is 5.11 Å². The molecule has 1 fully saturated rings. The predicted molar refractivity (Wildman–Crippen MR) is 92.4 cm³/mol. The monoisotopic (exact) mass is 331 g/mol. The molecule has 23 heavy (non-hydrogen) atoms. The number of aromatic nitrogens is 1. The molecule has 1 N–H and O–H groups in total. The molecule has 0 radical (unpaired) electrons. The quantitative estimate of drug-likeness (QED) is 0.914. The molecule has 1 unspecified atom stereocenters. The number of nitrogens with zero attached hydrogens (tertiary/aromatic N) is 3. The van der Waals surface area contributed by atoms with Crippen LogP contribution in [0.25, 0.3) is 0 Å². The van der Waals surface area contributed by atoms with Gasteiger partial charge in [-0.25, -0.2) is 0 Å². The number of pyridine rings is 1. The van der Waals surface area contributed by atoms with E-state index in [2.05, 4.69) is 26.9 Å². The van der Waals surface area contributed by atoms with Crippen molar-refractivity contribution in [3.8, 4) is 0 Å². The van der Waals surface area contributed by atoms with Crippen molar-refractivity contribution in [2.45, 2.75) is 12.6 Å². The first-order valence-electron chi connectivity index (χ1n) is 7.98. The number of β-amino-alcohol motifs (C(OH)–C–C–N with tert-alkyl or cyclic N) is 1. The summed E-state index contributed by atoms with van der Waals surface area (Å²) in [6, 6.07) is 11.6. The predicted octanol–water partition coefficient (Wildman–Crippen LogP) is 2.59. The number of hydrogen-bond acceptors (Lipinski definition) is 4. The Bertz CT molecular complexity index is 615. The minimum atomic E-state index is -0.532. The van der Waals surface area contributed by atoms with Crippen LogP contribution in [0.15, 0.2) is 48.8 Å². The first-order chi connectivity index (χ1) is 11.2. The van der Waals surface area contributed by atoms with Crippen LogP contribution in [0.3, 0.4) is 0 Å². The van der Waals surface area contributed by atoms with Crippen LogP contribution in [0.1, 0.15) is 17.2 Å². The fraction of sp³-hybridized carbons (Fsp3) is 0.389. The molecule has 4 nitrogen and oxygen atoms in total. The molecule has 2 heterocycles. The third-order valence-corrected chi connectivity index (χ3v) is 4.66. The van der Waals surface area contributed by atoms with E-state index in [1.54, 1.807) is 0 Å². The van der Waals surface area contributed by atoms with Crippen LogP contribution in [0.2, 0.25) is 5.02 Å². The summed E-state index contributed by atoms with van der Waals surface area (Å²) in [4.78, 5) is 8.79. The smallest absolute Gasteiger partial charge is 0.0931 e. The number of halogens is 1. The number of hydrogen-bond donors (Lipinski definition) is 1. The minimum absolute atomic E-state index is 0.532. The van der Waals surface area contributed by atoms with Crippen molar-refractivity contribution in [3.63, 3.8) is 0 Å². The van der Waals surface area contributed by atoms with Gasteiger partial charge in [0.05, 0.1) is 6.10 Å². The lowest BCUT2D eigenvalue weighted by Crippen LogP contribution is -2.47. The van der Waals surface area contributed by atoms with Gasteiger partial charge in [-0.05, 0) is 23.8 Å². The third kappa shape index (κ3) is 4.52. The number of piperazine rings is 1. The first kappa shape index (κ1) is 16.4. The van der Waals surface area contributed by atoms with Gasteiger partial charge in [0.25, 0.3) is 0 Å². The Balaban J connectivity index is 1.48. The van der Waals surface area contributed by atoms with Crippen LogP contribution in [0.4, 0.5) is 0 Å². The summed E-state index contributed by atoms with van der Waals surface area (Å²) in [6.45, 7) is 5.55. The van der Waals surface area contributed by atoms with Gasteiger partial charge in [0.2, 0.25) is 0 Å². The third-order valence-electron chi connectivity index (χ3n) is 4.32. The zero-order valence-corrected chi connectivity index (χ0v) is 13.9. The molecule has 1 saturated heterocycles. The average Bonchev–Trinajstić information content (AvgIpc) is 2.58. The molecule has 0 amide bonds. The number of aliphatic hydroxyl groups is 1. The normalized spacial score (nSPS) is 18.0. The molecular formula is C18H22ClN3O. The van der Waals surface area contributed by atoms with Gasteiger partial charge in [0.1, 0.15) is 0 Å². The maximum absolute atomic E-state index is 10.4. The second-order valence-electron chi connectivity index (χ2n) is 5.97. The van der Waals surface area contributed by atoms with E-state index in [-0.39, 0.29) is 0 Å². The van der Waals surface area contributed by atoms with Crippen LogP contribution in [0, 0.1) is 0 Å². The van der Waals surface area contributed by atoms with E-state index in [0.717, 1.165) is 38.3 Å². The Morgan fingerprint density at radius 2 is 1.65 bits per heavy atom. The molecule has 3 rings (SSSR count). The highest BCUT2D eigenvalue weighted by atomic mass is 35.5. The van der Waals surface area contributed by atoms with Crippen molar-refractivity contribution in [2.75, 3.05) is 32.7 Å². The Morgan fingerprint density at radius 3 is 2.35 bits per heavy atom. The summed E-state index contributed by atoms with van der Waals surface area (Å²) < 4.78 is 0. The van der Waals surface area contributed by atoms with E-state index < -0.39 is 6.10 Å². The summed E-state index contributed by atoms with van der Waals surface area (Å²) >= 11 is 6.16. The largest absolute Gasteiger partial charge is 0.387 e. The van der Waals surface area contributed by atoms with Gasteiger partial charge in [-0.1, -0.05) is 29.8 Å². The molecule has 2 aromatic rings. The van der Waals surface area contributed by atoms with Gasteiger partial charge < -0.3 is 5.11 Å². The van der Waals surface area contributed by atoms with E-state index in [4.69, 9.17) is 11.6 Å². The second kappa shape index (κ2) is 7.88. The highest BCUT2D eigenvalue weighted by molar-refractivity contribution is 6.31. The summed E-state index contributed by atoms with van der Waals surface area (Å²) in [5.41, 5.74) is 2.11. The van der Waals surface area contributed by atoms with Crippen molar-refractivity contribution in [1.82, 2.24) is 14.8 Å². The molecule has 1 aliphatic rings. The number of benzene rings is 1. The first-order valence-corrected chi connectivity index (χ1v) is 8.36. The van der Waals surface area contributed by atoms with Crippen molar-refractivity contribution >= 4 is 11.6 Å². The molecule has 0 spiro atoms. The second-order valence-corrected chi connectivity index (χ2v) is 6.38. The van der Waals surface area contributed by atoms with Crippen LogP contribution in [-0.4, -0.2) is 52.6 Å². The van der Waals surface area contributed by atoms with Crippen molar-refractivity contribution in [2.24, 2.45) is 0 Å². The molecule has 5 heteroatoms. The maximum atomic E-state index is 10.4. The van der Waals surface area contributed by atoms with E-state index >= 15 is 0 Å². The Kier molecular flexibility index (Phi) is 5.62. The van der Waals surface area contributed by atoms with Gasteiger partial charge in [-0.2, -0.15) is 0 Å². The summed E-state index contributed by atoms with van der Waals surface area (Å²) in [6.07, 6.45) is 3.15. The van der Waals surface area contributed by atoms with Crippen LogP contribution < -0.4 is 0 Å². The van der Waals surface area contributed by atoms with Crippen molar-refractivity contribution in [1.29, 1.82) is 0 Å². The van der Waals surface area contributed by atoms with E-state index in [1.807, 2.05) is 36.7 Å². The molecule has 122 valence electrons. The van der Waals surface area contributed by atoms with Gasteiger partial charge in [-0.15, -0.1) is 0 Å². The van der Waals surface area contributed by atoms with E-state index in [1.165, 1.54) is 5.56 Å². The van der Waals surface area contributed by atoms with E-state index in [0.29, 0.717) is 11.6 Å². The van der Waals surface area contributed by atoms with Gasteiger partial charge in [-0.3, -0.25) is 14.8 Å². The highest BCUT2D eigenvalue weighted by Gasteiger charge is 2.20. The number of aliphatic hydroxyl groups excluding tert-OH is 1. The Morgan fingerprint density at radius 1 is 1.00 bits per heavy atom. The Labute approximate surface area is 142 Å². The SMILES string of the molecule is OC(CN1CCN(Cc2ccncc2)CC1)c1ccccc1Cl. The van der Waals surface area contributed by atoms with Crippen LogP contribution in [-0.2, 0) is 6.54 Å². The molecule has 1 atom stereocenters. The highest BCUT2D eigenvalue weighted by Crippen LogP contribution is 2.23. The Hall–Kier alpha value is -1.46. The molecule has 0 saturated carbocycles. The zero-order valence-electron chi connectivity index (χ0n) is 13.1. The van der Waals surface area contributed by atoms with Gasteiger partial charge in [0, 0.05) is 62.2 Å². The molecule has 0 aliphatic carbocycles. The zero-order chi connectivity index (χ0) is 16.1. The molecule has 0 bridgehead atoms. The lowest BCUT2D eigenvalue weighted by molar-refractivity contribution is 0.0701.